The Labute approximate surface area is 134 Å². The van der Waals surface area contributed by atoms with Crippen LogP contribution in [0.25, 0.3) is 0 Å². The lowest BCUT2D eigenvalue weighted by Gasteiger charge is -2.38. The molecule has 0 radical (unpaired) electrons. The molecule has 0 spiro atoms. The van der Waals surface area contributed by atoms with Crippen molar-refractivity contribution in [2.45, 2.75) is 26.2 Å². The maximum Gasteiger partial charge on any atom is 0.227 e. The second-order valence-electron chi connectivity index (χ2n) is 5.68. The molecule has 2 N–H and O–H groups in total. The molecule has 1 saturated heterocycles. The molecule has 0 aliphatic carbocycles. The first-order chi connectivity index (χ1) is 9.83. The van der Waals surface area contributed by atoms with Crippen LogP contribution in [0, 0.1) is 11.2 Å². The highest BCUT2D eigenvalue weighted by Gasteiger charge is 2.34. The normalized spacial score (nSPS) is 17.6. The minimum atomic E-state index is -0.444. The van der Waals surface area contributed by atoms with Crippen molar-refractivity contribution >= 4 is 34.7 Å². The Balaban J connectivity index is 2.02. The fraction of sp³-hybridized carbons (Fsp3) is 0.467. The maximum absolute atomic E-state index is 13.7. The van der Waals surface area contributed by atoms with Gasteiger partial charge in [0.25, 0.3) is 0 Å². The Morgan fingerprint density at radius 1 is 1.48 bits per heavy atom. The van der Waals surface area contributed by atoms with Crippen LogP contribution in [0.3, 0.4) is 0 Å². The van der Waals surface area contributed by atoms with Gasteiger partial charge in [0, 0.05) is 29.1 Å². The van der Waals surface area contributed by atoms with Gasteiger partial charge >= 0.3 is 0 Å². The van der Waals surface area contributed by atoms with Gasteiger partial charge in [-0.15, -0.1) is 0 Å². The average Bonchev–Trinajstić information content (AvgIpc) is 2.43. The van der Waals surface area contributed by atoms with Crippen LogP contribution in [0.4, 0.5) is 4.39 Å². The van der Waals surface area contributed by atoms with Crippen LogP contribution in [0.5, 0.6) is 0 Å². The highest BCUT2D eigenvalue weighted by Crippen LogP contribution is 2.31. The van der Waals surface area contributed by atoms with E-state index in [1.807, 2.05) is 6.92 Å². The fourth-order valence-electron chi connectivity index (χ4n) is 2.46. The molecule has 6 heteroatoms. The predicted octanol–water partition coefficient (Wildman–Crippen LogP) is 2.94. The number of benzene rings is 1. The first-order valence-electron chi connectivity index (χ1n) is 6.84. The van der Waals surface area contributed by atoms with Crippen LogP contribution < -0.4 is 5.73 Å². The van der Waals surface area contributed by atoms with Gasteiger partial charge in [-0.2, -0.15) is 0 Å². The topological polar surface area (TPSA) is 46.3 Å². The summed E-state index contributed by atoms with van der Waals surface area (Å²) in [4.78, 5) is 14.5. The highest BCUT2D eigenvalue weighted by molar-refractivity contribution is 7.80. The number of likely N-dealkylation sites (tertiary alicyclic amines) is 1. The molecule has 1 amide bonds. The van der Waals surface area contributed by atoms with Gasteiger partial charge in [-0.05, 0) is 25.0 Å². The molecular weight excluding hydrogens is 311 g/mol. The Morgan fingerprint density at radius 2 is 2.10 bits per heavy atom. The summed E-state index contributed by atoms with van der Waals surface area (Å²) >= 11 is 11.0. The summed E-state index contributed by atoms with van der Waals surface area (Å²) in [7, 11) is 0. The number of rotatable bonds is 3. The molecule has 0 aromatic heterocycles. The number of hydrogen-bond acceptors (Lipinski definition) is 2. The van der Waals surface area contributed by atoms with Crippen LogP contribution in [0.2, 0.25) is 5.02 Å². The third-order valence-electron chi connectivity index (χ3n) is 4.20. The molecule has 0 unspecified atom stereocenters. The van der Waals surface area contributed by atoms with E-state index in [9.17, 15) is 9.18 Å². The standard InChI is InChI=1S/C15H18ClFN2OS/c1-15(14(18)21)5-7-19(8-6-15)13(20)9-10-11(16)3-2-4-12(10)17/h2-4H,5-9H2,1H3,(H2,18,21). The number of nitrogens with two attached hydrogens (primary N) is 1. The van der Waals surface area contributed by atoms with E-state index in [2.05, 4.69) is 0 Å². The number of carbonyl (C=O) groups is 1. The summed E-state index contributed by atoms with van der Waals surface area (Å²) in [5.41, 5.74) is 5.81. The van der Waals surface area contributed by atoms with Crippen LogP contribution in [0.15, 0.2) is 18.2 Å². The van der Waals surface area contributed by atoms with E-state index in [-0.39, 0.29) is 28.3 Å². The third kappa shape index (κ3) is 3.52. The van der Waals surface area contributed by atoms with Crippen molar-refractivity contribution < 1.29 is 9.18 Å². The average molecular weight is 329 g/mol. The Morgan fingerprint density at radius 3 is 2.62 bits per heavy atom. The van der Waals surface area contributed by atoms with E-state index in [4.69, 9.17) is 29.6 Å². The molecule has 1 aromatic carbocycles. The molecule has 0 saturated carbocycles. The van der Waals surface area contributed by atoms with E-state index in [0.29, 0.717) is 18.1 Å². The van der Waals surface area contributed by atoms with E-state index in [1.165, 1.54) is 12.1 Å². The van der Waals surface area contributed by atoms with Crippen molar-refractivity contribution in [3.8, 4) is 0 Å². The first kappa shape index (κ1) is 16.2. The minimum Gasteiger partial charge on any atom is -0.393 e. The predicted molar refractivity (Wildman–Crippen MR) is 85.8 cm³/mol. The first-order valence-corrected chi connectivity index (χ1v) is 7.63. The molecule has 0 bridgehead atoms. The van der Waals surface area contributed by atoms with E-state index in [0.717, 1.165) is 12.8 Å². The lowest BCUT2D eigenvalue weighted by Crippen LogP contribution is -2.47. The highest BCUT2D eigenvalue weighted by atomic mass is 35.5. The van der Waals surface area contributed by atoms with Gasteiger partial charge in [0.15, 0.2) is 0 Å². The van der Waals surface area contributed by atoms with Crippen molar-refractivity contribution in [2.24, 2.45) is 11.1 Å². The molecule has 1 aliphatic heterocycles. The zero-order valence-corrected chi connectivity index (χ0v) is 13.4. The lowest BCUT2D eigenvalue weighted by atomic mass is 9.80. The summed E-state index contributed by atoms with van der Waals surface area (Å²) in [5, 5.41) is 0.285. The summed E-state index contributed by atoms with van der Waals surface area (Å²) < 4.78 is 13.7. The number of hydrogen-bond donors (Lipinski definition) is 1. The number of halogens is 2. The zero-order chi connectivity index (χ0) is 15.6. The Hall–Kier alpha value is -1.20. The molecule has 1 fully saturated rings. The number of nitrogens with zero attached hydrogens (tertiary/aromatic N) is 1. The van der Waals surface area contributed by atoms with Gasteiger partial charge in [-0.1, -0.05) is 36.8 Å². The van der Waals surface area contributed by atoms with Gasteiger partial charge in [0.05, 0.1) is 11.4 Å². The van der Waals surface area contributed by atoms with Crippen molar-refractivity contribution in [1.82, 2.24) is 4.90 Å². The second-order valence-corrected chi connectivity index (χ2v) is 6.53. The molecule has 2 rings (SSSR count). The van der Waals surface area contributed by atoms with Gasteiger partial charge < -0.3 is 10.6 Å². The smallest absolute Gasteiger partial charge is 0.227 e. The molecule has 1 heterocycles. The Bertz CT molecular complexity index is 551. The van der Waals surface area contributed by atoms with E-state index < -0.39 is 5.82 Å². The number of thiocarbonyl (C=S) groups is 1. The molecule has 1 aliphatic rings. The monoisotopic (exact) mass is 328 g/mol. The summed E-state index contributed by atoms with van der Waals surface area (Å²) in [6.45, 7) is 3.18. The van der Waals surface area contributed by atoms with Crippen molar-refractivity contribution in [2.75, 3.05) is 13.1 Å². The Kier molecular flexibility index (Phi) is 4.84. The van der Waals surface area contributed by atoms with Gasteiger partial charge in [0.1, 0.15) is 5.82 Å². The number of piperidine rings is 1. The second kappa shape index (κ2) is 6.28. The van der Waals surface area contributed by atoms with Gasteiger partial charge in [0.2, 0.25) is 5.91 Å². The van der Waals surface area contributed by atoms with Crippen molar-refractivity contribution in [3.05, 3.63) is 34.6 Å². The van der Waals surface area contributed by atoms with Gasteiger partial charge in [-0.3, -0.25) is 4.79 Å². The molecule has 3 nitrogen and oxygen atoms in total. The van der Waals surface area contributed by atoms with Crippen molar-refractivity contribution in [1.29, 1.82) is 0 Å². The molecule has 0 atom stereocenters. The summed E-state index contributed by atoms with van der Waals surface area (Å²) in [5.74, 6) is -0.562. The molecule has 1 aromatic rings. The minimum absolute atomic E-state index is 0.0186. The van der Waals surface area contributed by atoms with E-state index in [1.54, 1.807) is 11.0 Å². The van der Waals surface area contributed by atoms with Crippen LogP contribution >= 0.6 is 23.8 Å². The SMILES string of the molecule is CC1(C(N)=S)CCN(C(=O)Cc2c(F)cccc2Cl)CC1. The number of carbonyl (C=O) groups excluding carboxylic acids is 1. The van der Waals surface area contributed by atoms with Crippen LogP contribution in [-0.4, -0.2) is 28.9 Å². The lowest BCUT2D eigenvalue weighted by molar-refractivity contribution is -0.132. The summed E-state index contributed by atoms with van der Waals surface area (Å²) in [6.07, 6.45) is 1.45. The third-order valence-corrected chi connectivity index (χ3v) is 5.05. The van der Waals surface area contributed by atoms with Crippen LogP contribution in [-0.2, 0) is 11.2 Å². The maximum atomic E-state index is 13.7. The van der Waals surface area contributed by atoms with Gasteiger partial charge in [-0.25, -0.2) is 4.39 Å². The fourth-order valence-corrected chi connectivity index (χ4v) is 2.89. The summed E-state index contributed by atoms with van der Waals surface area (Å²) in [6, 6.07) is 4.43. The van der Waals surface area contributed by atoms with E-state index >= 15 is 0 Å². The van der Waals surface area contributed by atoms with Crippen LogP contribution in [0.1, 0.15) is 25.3 Å². The molecule has 114 valence electrons. The largest absolute Gasteiger partial charge is 0.393 e. The zero-order valence-electron chi connectivity index (χ0n) is 11.9. The molecule has 21 heavy (non-hydrogen) atoms. The van der Waals surface area contributed by atoms with Crippen molar-refractivity contribution in [3.63, 3.8) is 0 Å². The quantitative estimate of drug-likeness (QED) is 0.868. The number of amides is 1. The molecular formula is C15H18ClFN2OS.